The van der Waals surface area contributed by atoms with E-state index < -0.39 is 5.63 Å². The third kappa shape index (κ3) is 2.70. The van der Waals surface area contributed by atoms with Gasteiger partial charge in [0.25, 0.3) is 5.91 Å². The third-order valence-corrected chi connectivity index (χ3v) is 2.69. The van der Waals surface area contributed by atoms with E-state index in [2.05, 4.69) is 9.73 Å². The summed E-state index contributed by atoms with van der Waals surface area (Å²) in [7, 11) is 0. The van der Waals surface area contributed by atoms with Gasteiger partial charge in [0.15, 0.2) is 0 Å². The van der Waals surface area contributed by atoms with Gasteiger partial charge in [-0.2, -0.15) is 0 Å². The molecule has 0 aromatic carbocycles. The van der Waals surface area contributed by atoms with E-state index in [1.165, 1.54) is 12.1 Å². The lowest BCUT2D eigenvalue weighted by atomic mass is 10.2. The smallest absolute Gasteiger partial charge is 0.335 e. The van der Waals surface area contributed by atoms with E-state index in [-0.39, 0.29) is 11.9 Å². The van der Waals surface area contributed by atoms with E-state index >= 15 is 0 Å². The molecule has 1 atom stereocenters. The maximum Gasteiger partial charge on any atom is 0.335 e. The number of amides is 1. The van der Waals surface area contributed by atoms with Crippen LogP contribution in [0, 0.1) is 5.92 Å². The molecule has 1 aliphatic carbocycles. The summed E-state index contributed by atoms with van der Waals surface area (Å²) < 4.78 is 4.60. The maximum atomic E-state index is 11.6. The quantitative estimate of drug-likeness (QED) is 0.757. The Hall–Kier alpha value is -1.62. The van der Waals surface area contributed by atoms with E-state index in [1.54, 1.807) is 0 Å². The summed E-state index contributed by atoms with van der Waals surface area (Å²) in [6.45, 7) is 0.461. The molecule has 1 heterocycles. The molecule has 3 N–H and O–H groups in total. The van der Waals surface area contributed by atoms with Crippen molar-refractivity contribution in [1.82, 2.24) is 5.32 Å². The zero-order valence-corrected chi connectivity index (χ0v) is 8.81. The van der Waals surface area contributed by atoms with Crippen LogP contribution in [-0.4, -0.2) is 18.5 Å². The summed E-state index contributed by atoms with van der Waals surface area (Å²) in [5, 5.41) is 2.71. The molecule has 1 amide bonds. The summed E-state index contributed by atoms with van der Waals surface area (Å²) in [5.41, 5.74) is 5.71. The van der Waals surface area contributed by atoms with Crippen LogP contribution in [0.4, 0.5) is 0 Å². The van der Waals surface area contributed by atoms with E-state index in [0.717, 1.165) is 19.1 Å². The molecule has 1 unspecified atom stereocenters. The molecule has 0 bridgehead atoms. The van der Waals surface area contributed by atoms with Crippen LogP contribution in [0.1, 0.15) is 23.2 Å². The Balaban J connectivity index is 1.87. The largest absolute Gasteiger partial charge is 0.430 e. The highest BCUT2D eigenvalue weighted by Gasteiger charge is 2.28. The van der Waals surface area contributed by atoms with Crippen LogP contribution < -0.4 is 16.7 Å². The Kier molecular flexibility index (Phi) is 3.05. The highest BCUT2D eigenvalue weighted by atomic mass is 16.4. The first-order valence-corrected chi connectivity index (χ1v) is 5.29. The predicted molar refractivity (Wildman–Crippen MR) is 58.0 cm³/mol. The van der Waals surface area contributed by atoms with Gasteiger partial charge in [0, 0.05) is 18.7 Å². The zero-order valence-electron chi connectivity index (χ0n) is 8.81. The fourth-order valence-corrected chi connectivity index (χ4v) is 1.49. The summed E-state index contributed by atoms with van der Waals surface area (Å²) in [6, 6.07) is 2.68. The number of carbonyl (C=O) groups is 1. The molecule has 5 nitrogen and oxygen atoms in total. The second-order valence-electron chi connectivity index (χ2n) is 4.05. The van der Waals surface area contributed by atoms with E-state index in [4.69, 9.17) is 5.73 Å². The van der Waals surface area contributed by atoms with Crippen molar-refractivity contribution < 1.29 is 9.21 Å². The Morgan fingerprint density at radius 1 is 1.56 bits per heavy atom. The normalized spacial score (nSPS) is 16.8. The van der Waals surface area contributed by atoms with Crippen LogP contribution in [0.5, 0.6) is 0 Å². The molecular weight excluding hydrogens is 208 g/mol. The van der Waals surface area contributed by atoms with Crippen LogP contribution in [-0.2, 0) is 0 Å². The first kappa shape index (κ1) is 10.9. The van der Waals surface area contributed by atoms with Crippen LogP contribution in [0.15, 0.2) is 27.6 Å². The van der Waals surface area contributed by atoms with Crippen molar-refractivity contribution in [2.75, 3.05) is 6.54 Å². The Morgan fingerprint density at radius 3 is 2.88 bits per heavy atom. The van der Waals surface area contributed by atoms with Crippen LogP contribution in [0.2, 0.25) is 0 Å². The number of hydrogen-bond acceptors (Lipinski definition) is 4. The van der Waals surface area contributed by atoms with Gasteiger partial charge < -0.3 is 15.5 Å². The molecule has 0 radical (unpaired) electrons. The van der Waals surface area contributed by atoms with E-state index in [1.807, 2.05) is 0 Å². The lowest BCUT2D eigenvalue weighted by molar-refractivity contribution is 0.0948. The fourth-order valence-electron chi connectivity index (χ4n) is 1.49. The molecule has 2 rings (SSSR count). The average Bonchev–Trinajstić information content (AvgIpc) is 3.10. The van der Waals surface area contributed by atoms with Gasteiger partial charge in [0.1, 0.15) is 6.26 Å². The lowest BCUT2D eigenvalue weighted by Gasteiger charge is -2.10. The van der Waals surface area contributed by atoms with Crippen LogP contribution in [0.3, 0.4) is 0 Å². The zero-order chi connectivity index (χ0) is 11.5. The number of nitrogens with two attached hydrogens (primary N) is 1. The summed E-state index contributed by atoms with van der Waals surface area (Å²) in [5.74, 6) is 0.286. The molecule has 16 heavy (non-hydrogen) atoms. The number of nitrogens with one attached hydrogen (secondary N) is 1. The second-order valence-corrected chi connectivity index (χ2v) is 4.05. The second kappa shape index (κ2) is 4.49. The molecule has 1 aromatic rings. The Labute approximate surface area is 92.6 Å². The molecular formula is C11H14N2O3. The van der Waals surface area contributed by atoms with Gasteiger partial charge in [-0.1, -0.05) is 0 Å². The van der Waals surface area contributed by atoms with Crippen molar-refractivity contribution in [1.29, 1.82) is 0 Å². The van der Waals surface area contributed by atoms with Gasteiger partial charge >= 0.3 is 5.63 Å². The van der Waals surface area contributed by atoms with Gasteiger partial charge in [-0.25, -0.2) is 4.79 Å². The first-order valence-electron chi connectivity index (χ1n) is 5.29. The van der Waals surface area contributed by atoms with Gasteiger partial charge in [-0.3, -0.25) is 4.79 Å². The topological polar surface area (TPSA) is 85.3 Å². The minimum Gasteiger partial charge on any atom is -0.430 e. The van der Waals surface area contributed by atoms with Gasteiger partial charge in [-0.05, 0) is 24.8 Å². The molecule has 0 saturated heterocycles. The van der Waals surface area contributed by atoms with Gasteiger partial charge in [0.05, 0.1) is 5.56 Å². The molecule has 0 spiro atoms. The van der Waals surface area contributed by atoms with Gasteiger partial charge in [0.2, 0.25) is 0 Å². The minimum absolute atomic E-state index is 0.0275. The van der Waals surface area contributed by atoms with Crippen molar-refractivity contribution >= 4 is 5.91 Å². The molecule has 0 aliphatic heterocycles. The average molecular weight is 222 g/mol. The number of rotatable bonds is 4. The van der Waals surface area contributed by atoms with Crippen molar-refractivity contribution in [3.05, 3.63) is 34.4 Å². The lowest BCUT2D eigenvalue weighted by Crippen LogP contribution is -2.38. The van der Waals surface area contributed by atoms with Crippen molar-refractivity contribution in [3.63, 3.8) is 0 Å². The SMILES string of the molecule is NC(CNC(=O)c1ccc(=O)oc1)C1CC1. The molecule has 1 saturated carbocycles. The van der Waals surface area contributed by atoms with E-state index in [9.17, 15) is 9.59 Å². The molecule has 86 valence electrons. The minimum atomic E-state index is -0.466. The fraction of sp³-hybridized carbons (Fsp3) is 0.455. The van der Waals surface area contributed by atoms with Crippen molar-refractivity contribution in [3.8, 4) is 0 Å². The highest BCUT2D eigenvalue weighted by molar-refractivity contribution is 5.93. The Bertz CT molecular complexity index is 417. The van der Waals surface area contributed by atoms with Crippen molar-refractivity contribution in [2.24, 2.45) is 11.7 Å². The number of hydrogen-bond donors (Lipinski definition) is 2. The van der Waals surface area contributed by atoms with Crippen LogP contribution in [0.25, 0.3) is 0 Å². The summed E-state index contributed by atoms with van der Waals surface area (Å²) >= 11 is 0. The molecule has 1 aromatic heterocycles. The third-order valence-electron chi connectivity index (χ3n) is 2.69. The Morgan fingerprint density at radius 2 is 2.31 bits per heavy atom. The van der Waals surface area contributed by atoms with Gasteiger partial charge in [-0.15, -0.1) is 0 Å². The maximum absolute atomic E-state index is 11.6. The number of carbonyl (C=O) groups excluding carboxylic acids is 1. The van der Waals surface area contributed by atoms with Crippen molar-refractivity contribution in [2.45, 2.75) is 18.9 Å². The molecule has 1 aliphatic rings. The summed E-state index contributed by atoms with van der Waals surface area (Å²) in [4.78, 5) is 22.3. The highest BCUT2D eigenvalue weighted by Crippen LogP contribution is 2.31. The molecule has 1 fully saturated rings. The predicted octanol–water partition coefficient (Wildman–Crippen LogP) is 0.107. The summed E-state index contributed by atoms with van der Waals surface area (Å²) in [6.07, 6.45) is 3.45. The standard InChI is InChI=1S/C11H14N2O3/c12-9(7-1-2-7)5-13-11(15)8-3-4-10(14)16-6-8/h3-4,6-7,9H,1-2,5,12H2,(H,13,15). The monoisotopic (exact) mass is 222 g/mol. The first-order chi connectivity index (χ1) is 7.66. The van der Waals surface area contributed by atoms with E-state index in [0.29, 0.717) is 18.0 Å². The molecule has 5 heteroatoms. The van der Waals surface area contributed by atoms with Crippen LogP contribution >= 0.6 is 0 Å².